The van der Waals surface area contributed by atoms with E-state index >= 15 is 0 Å². The van der Waals surface area contributed by atoms with Gasteiger partial charge < -0.3 is 19.5 Å². The molecule has 0 radical (unpaired) electrons. The zero-order valence-electron chi connectivity index (χ0n) is 22.4. The Hall–Kier alpha value is -4.00. The SMILES string of the molecule is CC(C)(C)OC(=O)N1CCC(n2c(=O)[nH]c3c(N(Cc4ccccc4)Cc4ccccc4)cccc32)CC1. The number of likely N-dealkylation sites (tertiary alicyclic amines) is 1. The van der Waals surface area contributed by atoms with Crippen molar-refractivity contribution in [3.05, 3.63) is 100 Å². The highest BCUT2D eigenvalue weighted by Gasteiger charge is 2.29. The van der Waals surface area contributed by atoms with Crippen molar-refractivity contribution in [2.24, 2.45) is 0 Å². The van der Waals surface area contributed by atoms with Crippen LogP contribution in [0.5, 0.6) is 0 Å². The number of ether oxygens (including phenoxy) is 1. The van der Waals surface area contributed by atoms with Gasteiger partial charge in [-0.3, -0.25) is 4.57 Å². The lowest BCUT2D eigenvalue weighted by atomic mass is 10.0. The maximum absolute atomic E-state index is 13.3. The van der Waals surface area contributed by atoms with E-state index < -0.39 is 5.60 Å². The predicted octanol–water partition coefficient (Wildman–Crippen LogP) is 6.11. The summed E-state index contributed by atoms with van der Waals surface area (Å²) in [5.41, 5.74) is 4.52. The number of hydrogen-bond donors (Lipinski definition) is 1. The Morgan fingerprint density at radius 2 is 1.47 bits per heavy atom. The van der Waals surface area contributed by atoms with Gasteiger partial charge in [0, 0.05) is 32.2 Å². The van der Waals surface area contributed by atoms with Crippen molar-refractivity contribution >= 4 is 22.8 Å². The molecule has 0 saturated carbocycles. The van der Waals surface area contributed by atoms with Gasteiger partial charge in [-0.1, -0.05) is 66.7 Å². The molecule has 1 aliphatic heterocycles. The Morgan fingerprint density at radius 3 is 2.03 bits per heavy atom. The Morgan fingerprint density at radius 1 is 0.895 bits per heavy atom. The lowest BCUT2D eigenvalue weighted by molar-refractivity contribution is 0.0189. The third-order valence-corrected chi connectivity index (χ3v) is 6.99. The van der Waals surface area contributed by atoms with Crippen molar-refractivity contribution in [1.82, 2.24) is 14.5 Å². The van der Waals surface area contributed by atoms with Crippen LogP contribution in [0.25, 0.3) is 11.0 Å². The summed E-state index contributed by atoms with van der Waals surface area (Å²) in [5.74, 6) is 0. The third-order valence-electron chi connectivity index (χ3n) is 6.99. The second kappa shape index (κ2) is 10.8. The van der Waals surface area contributed by atoms with E-state index in [0.717, 1.165) is 29.8 Å². The summed E-state index contributed by atoms with van der Waals surface area (Å²) in [5, 5.41) is 0. The molecule has 1 aliphatic rings. The first-order valence-electron chi connectivity index (χ1n) is 13.3. The summed E-state index contributed by atoms with van der Waals surface area (Å²) in [4.78, 5) is 33.1. The van der Waals surface area contributed by atoms with Crippen molar-refractivity contribution in [2.45, 2.75) is 58.3 Å². The average Bonchev–Trinajstić information content (AvgIpc) is 3.24. The summed E-state index contributed by atoms with van der Waals surface area (Å²) < 4.78 is 7.43. The van der Waals surface area contributed by atoms with Gasteiger partial charge in [-0.25, -0.2) is 9.59 Å². The number of amides is 1. The van der Waals surface area contributed by atoms with Gasteiger partial charge in [0.15, 0.2) is 0 Å². The minimum Gasteiger partial charge on any atom is -0.444 e. The number of benzene rings is 3. The fourth-order valence-electron chi connectivity index (χ4n) is 5.23. The van der Waals surface area contributed by atoms with Crippen LogP contribution < -0.4 is 10.6 Å². The van der Waals surface area contributed by atoms with E-state index in [1.54, 1.807) is 4.90 Å². The smallest absolute Gasteiger partial charge is 0.410 e. The number of H-pyrrole nitrogens is 1. The quantitative estimate of drug-likeness (QED) is 0.338. The van der Waals surface area contributed by atoms with E-state index in [-0.39, 0.29) is 17.8 Å². The van der Waals surface area contributed by atoms with Crippen LogP contribution >= 0.6 is 0 Å². The van der Waals surface area contributed by atoms with E-state index in [1.165, 1.54) is 11.1 Å². The molecule has 5 rings (SSSR count). The topological polar surface area (TPSA) is 70.6 Å². The van der Waals surface area contributed by atoms with Crippen LogP contribution in [0.2, 0.25) is 0 Å². The predicted molar refractivity (Wildman–Crippen MR) is 151 cm³/mol. The molecule has 0 spiro atoms. The molecule has 1 N–H and O–H groups in total. The highest BCUT2D eigenvalue weighted by molar-refractivity contribution is 5.89. The number of aromatic nitrogens is 2. The van der Waals surface area contributed by atoms with Crippen LogP contribution in [0.15, 0.2) is 83.7 Å². The molecule has 1 amide bonds. The Bertz CT molecular complexity index is 1390. The maximum Gasteiger partial charge on any atom is 0.410 e. The van der Waals surface area contributed by atoms with E-state index in [2.05, 4.69) is 64.5 Å². The lowest BCUT2D eigenvalue weighted by Gasteiger charge is -2.33. The van der Waals surface area contributed by atoms with E-state index in [4.69, 9.17) is 4.74 Å². The first-order chi connectivity index (χ1) is 18.3. The van der Waals surface area contributed by atoms with Gasteiger partial charge in [0.2, 0.25) is 0 Å². The summed E-state index contributed by atoms with van der Waals surface area (Å²) in [6, 6.07) is 26.9. The minimum absolute atomic E-state index is 0.0156. The van der Waals surface area contributed by atoms with Crippen molar-refractivity contribution < 1.29 is 9.53 Å². The first-order valence-corrected chi connectivity index (χ1v) is 13.3. The Kier molecular flexibility index (Phi) is 7.27. The molecule has 2 heterocycles. The zero-order valence-corrected chi connectivity index (χ0v) is 22.4. The highest BCUT2D eigenvalue weighted by Crippen LogP contribution is 2.31. The molecule has 4 aromatic rings. The number of fused-ring (bicyclic) bond motifs is 1. The molecule has 1 saturated heterocycles. The number of nitrogens with one attached hydrogen (secondary N) is 1. The maximum atomic E-state index is 13.3. The van der Waals surface area contributed by atoms with Gasteiger partial charge >= 0.3 is 11.8 Å². The summed E-state index contributed by atoms with van der Waals surface area (Å²) in [6.45, 7) is 8.19. The van der Waals surface area contributed by atoms with Crippen LogP contribution in [-0.4, -0.2) is 39.2 Å². The summed E-state index contributed by atoms with van der Waals surface area (Å²) in [6.07, 6.45) is 1.12. The van der Waals surface area contributed by atoms with Gasteiger partial charge in [-0.2, -0.15) is 0 Å². The van der Waals surface area contributed by atoms with Crippen molar-refractivity contribution in [2.75, 3.05) is 18.0 Å². The Balaban J connectivity index is 1.43. The number of carbonyl (C=O) groups excluding carboxylic acids is 1. The number of para-hydroxylation sites is 1. The number of aromatic amines is 1. The molecular weight excluding hydrogens is 476 g/mol. The molecule has 7 nitrogen and oxygen atoms in total. The normalized spacial score (nSPS) is 14.6. The van der Waals surface area contributed by atoms with Gasteiger partial charge in [-0.15, -0.1) is 0 Å². The van der Waals surface area contributed by atoms with Crippen LogP contribution in [0.1, 0.15) is 50.8 Å². The fraction of sp³-hybridized carbons (Fsp3) is 0.355. The van der Waals surface area contributed by atoms with Crippen molar-refractivity contribution in [1.29, 1.82) is 0 Å². The molecule has 0 aliphatic carbocycles. The van der Waals surface area contributed by atoms with E-state index in [0.29, 0.717) is 25.9 Å². The summed E-state index contributed by atoms with van der Waals surface area (Å²) in [7, 11) is 0. The van der Waals surface area contributed by atoms with Gasteiger partial charge in [0.05, 0.1) is 16.7 Å². The first kappa shape index (κ1) is 25.6. The van der Waals surface area contributed by atoms with Crippen molar-refractivity contribution in [3.63, 3.8) is 0 Å². The number of nitrogens with zero attached hydrogens (tertiary/aromatic N) is 3. The zero-order chi connectivity index (χ0) is 26.7. The molecule has 198 valence electrons. The molecule has 0 bridgehead atoms. The number of piperidine rings is 1. The molecular formula is C31H36N4O3. The molecule has 3 aromatic carbocycles. The third kappa shape index (κ3) is 5.77. The number of rotatable bonds is 6. The second-order valence-corrected chi connectivity index (χ2v) is 11.0. The van der Waals surface area contributed by atoms with Crippen LogP contribution in [0, 0.1) is 0 Å². The molecule has 0 unspecified atom stereocenters. The number of anilines is 1. The monoisotopic (exact) mass is 512 g/mol. The van der Waals surface area contributed by atoms with E-state index in [9.17, 15) is 9.59 Å². The van der Waals surface area contributed by atoms with E-state index in [1.807, 2.05) is 49.6 Å². The number of carbonyl (C=O) groups is 1. The van der Waals surface area contributed by atoms with Gasteiger partial charge in [0.25, 0.3) is 0 Å². The standard InChI is InChI=1S/C31H36N4O3/c1-31(2,3)38-30(37)33-19-17-25(18-20-33)35-27-16-10-15-26(28(27)32-29(35)36)34(21-23-11-6-4-7-12-23)22-24-13-8-5-9-14-24/h4-16,25H,17-22H2,1-3H3,(H,32,36). The van der Waals surface area contributed by atoms with Crippen LogP contribution in [0.4, 0.5) is 10.5 Å². The van der Waals surface area contributed by atoms with Gasteiger partial charge in [-0.05, 0) is 56.9 Å². The Labute approximate surface area is 223 Å². The lowest BCUT2D eigenvalue weighted by Crippen LogP contribution is -2.43. The van der Waals surface area contributed by atoms with Crippen LogP contribution in [-0.2, 0) is 17.8 Å². The molecule has 38 heavy (non-hydrogen) atoms. The summed E-state index contributed by atoms with van der Waals surface area (Å²) >= 11 is 0. The molecule has 7 heteroatoms. The molecule has 0 atom stereocenters. The average molecular weight is 513 g/mol. The minimum atomic E-state index is -0.524. The largest absolute Gasteiger partial charge is 0.444 e. The van der Waals surface area contributed by atoms with Crippen molar-refractivity contribution in [3.8, 4) is 0 Å². The second-order valence-electron chi connectivity index (χ2n) is 11.0. The fourth-order valence-corrected chi connectivity index (χ4v) is 5.23. The van der Waals surface area contributed by atoms with Gasteiger partial charge in [0.1, 0.15) is 5.60 Å². The molecule has 1 fully saturated rings. The molecule has 1 aromatic heterocycles. The van der Waals surface area contributed by atoms with Crippen LogP contribution in [0.3, 0.4) is 0 Å². The number of hydrogen-bond acceptors (Lipinski definition) is 4. The number of imidazole rings is 1. The highest BCUT2D eigenvalue weighted by atomic mass is 16.6.